The first-order chi connectivity index (χ1) is 13.2. The number of para-hydroxylation sites is 1. The van der Waals surface area contributed by atoms with E-state index in [9.17, 15) is 9.59 Å². The summed E-state index contributed by atoms with van der Waals surface area (Å²) in [6.45, 7) is 1.36. The second kappa shape index (κ2) is 9.97. The maximum atomic E-state index is 12.3. The Labute approximate surface area is 163 Å². The summed E-state index contributed by atoms with van der Waals surface area (Å²) in [5.74, 6) is 1.36. The number of piperidine rings is 1. The fourth-order valence-electron chi connectivity index (χ4n) is 2.96. The lowest BCUT2D eigenvalue weighted by atomic mass is 10.1. The highest BCUT2D eigenvalue weighted by atomic mass is 32.2. The number of benzene rings is 1. The molecule has 3 rings (SSSR count). The number of anilines is 1. The Morgan fingerprint density at radius 2 is 1.81 bits per heavy atom. The van der Waals surface area contributed by atoms with Crippen molar-refractivity contribution >= 4 is 29.4 Å². The van der Waals surface area contributed by atoms with Crippen molar-refractivity contribution in [3.63, 3.8) is 0 Å². The molecule has 1 aromatic carbocycles. The number of amides is 3. The lowest BCUT2D eigenvalue weighted by molar-refractivity contribution is -0.129. The topological polar surface area (TPSA) is 74.3 Å². The molecule has 0 saturated carbocycles. The molecule has 6 nitrogen and oxygen atoms in total. The van der Waals surface area contributed by atoms with Crippen molar-refractivity contribution in [2.24, 2.45) is 0 Å². The van der Waals surface area contributed by atoms with Crippen molar-refractivity contribution in [3.8, 4) is 0 Å². The van der Waals surface area contributed by atoms with Gasteiger partial charge in [0.05, 0.1) is 11.4 Å². The minimum absolute atomic E-state index is 0.0962. The van der Waals surface area contributed by atoms with E-state index >= 15 is 0 Å². The molecular weight excluding hydrogens is 360 g/mol. The van der Waals surface area contributed by atoms with Gasteiger partial charge in [-0.1, -0.05) is 24.3 Å². The van der Waals surface area contributed by atoms with E-state index in [0.29, 0.717) is 18.8 Å². The molecule has 1 aliphatic heterocycles. The maximum absolute atomic E-state index is 12.3. The van der Waals surface area contributed by atoms with Crippen molar-refractivity contribution in [1.82, 2.24) is 15.2 Å². The van der Waals surface area contributed by atoms with Gasteiger partial charge in [0.25, 0.3) is 0 Å². The SMILES string of the molecule is O=C(Nc1ccccc1)NC1CCN(C(=O)CSCc2ccccn2)CC1. The number of aromatic nitrogens is 1. The van der Waals surface area contributed by atoms with E-state index in [0.717, 1.165) is 30.0 Å². The van der Waals surface area contributed by atoms with E-state index in [1.807, 2.05) is 53.4 Å². The molecule has 0 aliphatic carbocycles. The van der Waals surface area contributed by atoms with E-state index in [4.69, 9.17) is 0 Å². The zero-order chi connectivity index (χ0) is 18.9. The third-order valence-electron chi connectivity index (χ3n) is 4.42. The van der Waals surface area contributed by atoms with E-state index in [-0.39, 0.29) is 18.0 Å². The Morgan fingerprint density at radius 1 is 1.07 bits per heavy atom. The van der Waals surface area contributed by atoms with Crippen LogP contribution in [0.2, 0.25) is 0 Å². The average molecular weight is 385 g/mol. The number of hydrogen-bond donors (Lipinski definition) is 2. The zero-order valence-electron chi connectivity index (χ0n) is 15.1. The zero-order valence-corrected chi connectivity index (χ0v) is 16.0. The Bertz CT molecular complexity index is 734. The molecule has 2 aromatic rings. The van der Waals surface area contributed by atoms with Crippen LogP contribution in [0.5, 0.6) is 0 Å². The van der Waals surface area contributed by atoms with Crippen LogP contribution in [0, 0.1) is 0 Å². The molecule has 0 unspecified atom stereocenters. The second-order valence-corrected chi connectivity index (χ2v) is 7.42. The second-order valence-electron chi connectivity index (χ2n) is 6.43. The van der Waals surface area contributed by atoms with Gasteiger partial charge in [0.1, 0.15) is 0 Å². The Hall–Kier alpha value is -2.54. The highest BCUT2D eigenvalue weighted by molar-refractivity contribution is 7.99. The van der Waals surface area contributed by atoms with Crippen molar-refractivity contribution in [2.75, 3.05) is 24.2 Å². The number of nitrogens with zero attached hydrogens (tertiary/aromatic N) is 2. The summed E-state index contributed by atoms with van der Waals surface area (Å²) in [4.78, 5) is 30.6. The molecule has 7 heteroatoms. The number of urea groups is 1. The molecule has 3 amide bonds. The first kappa shape index (κ1) is 19.2. The molecule has 0 spiro atoms. The maximum Gasteiger partial charge on any atom is 0.319 e. The summed E-state index contributed by atoms with van der Waals surface area (Å²) < 4.78 is 0. The van der Waals surface area contributed by atoms with Gasteiger partial charge in [0.2, 0.25) is 5.91 Å². The average Bonchev–Trinajstić information content (AvgIpc) is 2.70. The molecule has 2 heterocycles. The number of pyridine rings is 1. The summed E-state index contributed by atoms with van der Waals surface area (Å²) in [7, 11) is 0. The number of hydrogen-bond acceptors (Lipinski definition) is 4. The van der Waals surface area contributed by atoms with Crippen molar-refractivity contribution in [2.45, 2.75) is 24.6 Å². The Kier molecular flexibility index (Phi) is 7.10. The van der Waals surface area contributed by atoms with Crippen molar-refractivity contribution in [3.05, 3.63) is 60.4 Å². The van der Waals surface area contributed by atoms with Crippen molar-refractivity contribution in [1.29, 1.82) is 0 Å². The normalized spacial score (nSPS) is 14.6. The number of likely N-dealkylation sites (tertiary alicyclic amines) is 1. The highest BCUT2D eigenvalue weighted by Crippen LogP contribution is 2.15. The van der Waals surface area contributed by atoms with Crippen LogP contribution in [-0.2, 0) is 10.5 Å². The third kappa shape index (κ3) is 6.29. The molecule has 0 bridgehead atoms. The molecule has 1 aliphatic rings. The standard InChI is InChI=1S/C20H24N4O2S/c25-19(15-27-14-18-8-4-5-11-21-18)24-12-9-17(10-13-24)23-20(26)22-16-6-2-1-3-7-16/h1-8,11,17H,9-10,12-15H2,(H2,22,23,26). The van der Waals surface area contributed by atoms with Crippen LogP contribution in [0.1, 0.15) is 18.5 Å². The smallest absolute Gasteiger partial charge is 0.319 e. The number of carbonyl (C=O) groups is 2. The van der Waals surface area contributed by atoms with Gasteiger partial charge in [-0.15, -0.1) is 11.8 Å². The van der Waals surface area contributed by atoms with E-state index in [1.54, 1.807) is 18.0 Å². The number of rotatable bonds is 6. The minimum Gasteiger partial charge on any atom is -0.342 e. The Balaban J connectivity index is 1.34. The summed E-state index contributed by atoms with van der Waals surface area (Å²) >= 11 is 1.59. The van der Waals surface area contributed by atoms with Gasteiger partial charge >= 0.3 is 6.03 Å². The quantitative estimate of drug-likeness (QED) is 0.802. The number of nitrogens with one attached hydrogen (secondary N) is 2. The van der Waals surface area contributed by atoms with Gasteiger partial charge in [-0.3, -0.25) is 9.78 Å². The van der Waals surface area contributed by atoms with E-state index < -0.39 is 0 Å². The van der Waals surface area contributed by atoms with Gasteiger partial charge < -0.3 is 15.5 Å². The fraction of sp³-hybridized carbons (Fsp3) is 0.350. The number of thioether (sulfide) groups is 1. The van der Waals surface area contributed by atoms with E-state index in [1.165, 1.54) is 0 Å². The lowest BCUT2D eigenvalue weighted by Gasteiger charge is -2.32. The summed E-state index contributed by atoms with van der Waals surface area (Å²) in [6.07, 6.45) is 3.32. The van der Waals surface area contributed by atoms with Crippen LogP contribution in [0.4, 0.5) is 10.5 Å². The summed E-state index contributed by atoms with van der Waals surface area (Å²) in [5.41, 5.74) is 1.76. The Morgan fingerprint density at radius 3 is 2.52 bits per heavy atom. The summed E-state index contributed by atoms with van der Waals surface area (Å²) in [6, 6.07) is 15.1. The molecule has 27 heavy (non-hydrogen) atoms. The molecule has 1 fully saturated rings. The van der Waals surface area contributed by atoms with Crippen LogP contribution in [0.3, 0.4) is 0 Å². The van der Waals surface area contributed by atoms with Crippen LogP contribution in [-0.4, -0.2) is 46.7 Å². The van der Waals surface area contributed by atoms with Crippen LogP contribution in [0.25, 0.3) is 0 Å². The lowest BCUT2D eigenvalue weighted by Crippen LogP contribution is -2.48. The predicted molar refractivity (Wildman–Crippen MR) is 109 cm³/mol. The minimum atomic E-state index is -0.197. The highest BCUT2D eigenvalue weighted by Gasteiger charge is 2.23. The molecular formula is C20H24N4O2S. The van der Waals surface area contributed by atoms with Gasteiger partial charge in [0, 0.05) is 36.8 Å². The fourth-order valence-corrected chi connectivity index (χ4v) is 3.80. The van der Waals surface area contributed by atoms with Gasteiger partial charge in [-0.05, 0) is 37.1 Å². The molecule has 0 atom stereocenters. The van der Waals surface area contributed by atoms with Crippen molar-refractivity contribution < 1.29 is 9.59 Å². The first-order valence-corrected chi connectivity index (χ1v) is 10.2. The molecule has 1 saturated heterocycles. The van der Waals surface area contributed by atoms with Crippen LogP contribution in [0.15, 0.2) is 54.7 Å². The molecule has 142 valence electrons. The third-order valence-corrected chi connectivity index (χ3v) is 5.37. The van der Waals surface area contributed by atoms with Crippen LogP contribution < -0.4 is 10.6 Å². The van der Waals surface area contributed by atoms with Gasteiger partial charge in [0.15, 0.2) is 0 Å². The van der Waals surface area contributed by atoms with Gasteiger partial charge in [-0.2, -0.15) is 0 Å². The molecule has 2 N–H and O–H groups in total. The monoisotopic (exact) mass is 384 g/mol. The van der Waals surface area contributed by atoms with Gasteiger partial charge in [-0.25, -0.2) is 4.79 Å². The largest absolute Gasteiger partial charge is 0.342 e. The first-order valence-electron chi connectivity index (χ1n) is 9.09. The predicted octanol–water partition coefficient (Wildman–Crippen LogP) is 3.13. The molecule has 0 radical (unpaired) electrons. The number of carbonyl (C=O) groups excluding carboxylic acids is 2. The molecule has 1 aromatic heterocycles. The van der Waals surface area contributed by atoms with E-state index in [2.05, 4.69) is 15.6 Å². The van der Waals surface area contributed by atoms with Crippen LogP contribution >= 0.6 is 11.8 Å². The summed E-state index contributed by atoms with van der Waals surface area (Å²) in [5, 5.41) is 5.82.